The molecule has 0 unspecified atom stereocenters. The fraction of sp³-hybridized carbons (Fsp3) is 0.0645. The van der Waals surface area contributed by atoms with E-state index in [0.29, 0.717) is 28.3 Å². The summed E-state index contributed by atoms with van der Waals surface area (Å²) in [6.45, 7) is 0. The van der Waals surface area contributed by atoms with Gasteiger partial charge in [-0.1, -0.05) is 36.4 Å². The first-order valence-corrected chi connectivity index (χ1v) is 13.2. The average Bonchev–Trinajstić information content (AvgIpc) is 2.98. The number of carbonyl (C=O) groups is 3. The molecule has 0 spiro atoms. The lowest BCUT2D eigenvalue weighted by molar-refractivity contribution is -0.114. The van der Waals surface area contributed by atoms with Crippen LogP contribution in [0.4, 0.5) is 15.8 Å². The molecule has 0 bridgehead atoms. The van der Waals surface area contributed by atoms with E-state index in [4.69, 9.17) is 4.74 Å². The summed E-state index contributed by atoms with van der Waals surface area (Å²) in [5.41, 5.74) is 2.03. The van der Waals surface area contributed by atoms with E-state index in [2.05, 4.69) is 16.0 Å². The number of hydrogen-bond acceptors (Lipinski definition) is 5. The highest BCUT2D eigenvalue weighted by atomic mass is 32.2. The largest absolute Gasteiger partial charge is 0.497 e. The molecule has 3 amide bonds. The Morgan fingerprint density at radius 2 is 1.55 bits per heavy atom. The van der Waals surface area contributed by atoms with Crippen molar-refractivity contribution in [2.45, 2.75) is 4.90 Å². The van der Waals surface area contributed by atoms with E-state index in [1.807, 2.05) is 6.07 Å². The minimum atomic E-state index is -0.562. The molecule has 9 heteroatoms. The van der Waals surface area contributed by atoms with E-state index < -0.39 is 17.6 Å². The Labute approximate surface area is 235 Å². The van der Waals surface area contributed by atoms with Crippen molar-refractivity contribution < 1.29 is 23.5 Å². The zero-order valence-corrected chi connectivity index (χ0v) is 22.3. The van der Waals surface area contributed by atoms with E-state index in [0.717, 1.165) is 4.90 Å². The topological polar surface area (TPSA) is 96.5 Å². The SMILES string of the molecule is COc1ccc(NC(=O)CSc2cccc(NC(=O)/C(=C/c3ccc(F)cc3)NC(=O)c3ccccc3)c2)cc1. The Morgan fingerprint density at radius 1 is 0.825 bits per heavy atom. The summed E-state index contributed by atoms with van der Waals surface area (Å²) in [7, 11) is 1.57. The van der Waals surface area contributed by atoms with Gasteiger partial charge in [-0.15, -0.1) is 11.8 Å². The lowest BCUT2D eigenvalue weighted by atomic mass is 10.1. The normalized spacial score (nSPS) is 10.9. The van der Waals surface area contributed by atoms with E-state index >= 15 is 0 Å². The number of amides is 3. The van der Waals surface area contributed by atoms with Gasteiger partial charge in [0.05, 0.1) is 12.9 Å². The van der Waals surface area contributed by atoms with Crippen LogP contribution in [0.2, 0.25) is 0 Å². The molecule has 7 nitrogen and oxygen atoms in total. The Hall–Kier alpha value is -4.89. The minimum Gasteiger partial charge on any atom is -0.497 e. The predicted octanol–water partition coefficient (Wildman–Crippen LogP) is 5.97. The van der Waals surface area contributed by atoms with Crippen LogP contribution in [-0.2, 0) is 9.59 Å². The van der Waals surface area contributed by atoms with Crippen LogP contribution in [-0.4, -0.2) is 30.6 Å². The highest BCUT2D eigenvalue weighted by Gasteiger charge is 2.15. The third-order valence-electron chi connectivity index (χ3n) is 5.55. The first-order valence-electron chi connectivity index (χ1n) is 12.2. The molecule has 0 saturated heterocycles. The van der Waals surface area contributed by atoms with Crippen molar-refractivity contribution in [1.29, 1.82) is 0 Å². The van der Waals surface area contributed by atoms with Crippen molar-refractivity contribution in [2.24, 2.45) is 0 Å². The van der Waals surface area contributed by atoms with Gasteiger partial charge in [-0.3, -0.25) is 14.4 Å². The Morgan fingerprint density at radius 3 is 2.25 bits per heavy atom. The zero-order valence-electron chi connectivity index (χ0n) is 21.5. The number of hydrogen-bond donors (Lipinski definition) is 3. The molecule has 3 N–H and O–H groups in total. The lowest BCUT2D eigenvalue weighted by Crippen LogP contribution is -2.30. The maximum Gasteiger partial charge on any atom is 0.272 e. The maximum absolute atomic E-state index is 13.4. The van der Waals surface area contributed by atoms with Crippen LogP contribution in [0.15, 0.2) is 114 Å². The molecule has 0 radical (unpaired) electrons. The van der Waals surface area contributed by atoms with E-state index in [1.54, 1.807) is 79.9 Å². The molecule has 0 atom stereocenters. The number of anilines is 2. The van der Waals surface area contributed by atoms with Gasteiger partial charge < -0.3 is 20.7 Å². The van der Waals surface area contributed by atoms with Crippen molar-refractivity contribution in [2.75, 3.05) is 23.5 Å². The Bertz CT molecular complexity index is 1510. The monoisotopic (exact) mass is 555 g/mol. The molecule has 0 saturated carbocycles. The standard InChI is InChI=1S/C31H26FN3O4S/c1-39-26-16-14-24(15-17-26)33-29(36)20-40-27-9-5-8-25(19-27)34-31(38)28(18-21-10-12-23(32)13-11-21)35-30(37)22-6-3-2-4-7-22/h2-19H,20H2,1H3,(H,33,36)(H,34,38)(H,35,37)/b28-18-. The molecule has 0 fully saturated rings. The van der Waals surface area contributed by atoms with Crippen LogP contribution in [0, 0.1) is 5.82 Å². The van der Waals surface area contributed by atoms with Crippen LogP contribution in [0.1, 0.15) is 15.9 Å². The number of ether oxygens (including phenoxy) is 1. The fourth-order valence-electron chi connectivity index (χ4n) is 3.55. The van der Waals surface area contributed by atoms with Crippen LogP contribution in [0.3, 0.4) is 0 Å². The van der Waals surface area contributed by atoms with Gasteiger partial charge in [0.15, 0.2) is 0 Å². The van der Waals surface area contributed by atoms with Gasteiger partial charge in [0.1, 0.15) is 17.3 Å². The number of thioether (sulfide) groups is 1. The van der Waals surface area contributed by atoms with Gasteiger partial charge in [-0.25, -0.2) is 4.39 Å². The summed E-state index contributed by atoms with van der Waals surface area (Å²) in [6.07, 6.45) is 1.47. The molecule has 0 aliphatic carbocycles. The van der Waals surface area contributed by atoms with Gasteiger partial charge in [0.2, 0.25) is 5.91 Å². The fourth-order valence-corrected chi connectivity index (χ4v) is 4.31. The van der Waals surface area contributed by atoms with Crippen molar-refractivity contribution in [3.05, 3.63) is 126 Å². The number of nitrogens with one attached hydrogen (secondary N) is 3. The predicted molar refractivity (Wildman–Crippen MR) is 156 cm³/mol. The van der Waals surface area contributed by atoms with Gasteiger partial charge in [-0.2, -0.15) is 0 Å². The molecule has 202 valence electrons. The minimum absolute atomic E-state index is 0.0163. The van der Waals surface area contributed by atoms with Crippen LogP contribution >= 0.6 is 11.8 Å². The van der Waals surface area contributed by atoms with E-state index in [-0.39, 0.29) is 17.4 Å². The second kappa shape index (κ2) is 13.8. The van der Waals surface area contributed by atoms with Crippen molar-refractivity contribution in [3.8, 4) is 5.75 Å². The summed E-state index contributed by atoms with van der Waals surface area (Å²) in [5, 5.41) is 8.27. The van der Waals surface area contributed by atoms with Crippen molar-refractivity contribution >= 4 is 46.9 Å². The molecule has 0 aliphatic heterocycles. The van der Waals surface area contributed by atoms with Crippen LogP contribution < -0.4 is 20.7 Å². The van der Waals surface area contributed by atoms with Crippen LogP contribution in [0.5, 0.6) is 5.75 Å². The second-order valence-corrected chi connectivity index (χ2v) is 9.53. The van der Waals surface area contributed by atoms with E-state index in [9.17, 15) is 18.8 Å². The first kappa shape index (κ1) is 28.1. The molecule has 0 heterocycles. The number of benzene rings is 4. The van der Waals surface area contributed by atoms with Crippen molar-refractivity contribution in [3.63, 3.8) is 0 Å². The third kappa shape index (κ3) is 8.31. The number of rotatable bonds is 10. The van der Waals surface area contributed by atoms with Gasteiger partial charge in [0, 0.05) is 21.8 Å². The summed E-state index contributed by atoms with van der Waals surface area (Å²) in [4.78, 5) is 39.2. The van der Waals surface area contributed by atoms with E-state index in [1.165, 1.54) is 42.1 Å². The third-order valence-corrected chi connectivity index (χ3v) is 6.54. The number of carbonyl (C=O) groups excluding carboxylic acids is 3. The molecule has 0 aromatic heterocycles. The summed E-state index contributed by atoms with van der Waals surface area (Å²) in [5.74, 6) is -0.765. The Balaban J connectivity index is 1.43. The molecule has 0 aliphatic rings. The first-order chi connectivity index (χ1) is 19.4. The summed E-state index contributed by atoms with van der Waals surface area (Å²) >= 11 is 1.31. The molecular weight excluding hydrogens is 529 g/mol. The summed E-state index contributed by atoms with van der Waals surface area (Å²) in [6, 6.07) is 28.1. The van der Waals surface area contributed by atoms with Gasteiger partial charge >= 0.3 is 0 Å². The molecular formula is C31H26FN3O4S. The lowest BCUT2D eigenvalue weighted by Gasteiger charge is -2.12. The average molecular weight is 556 g/mol. The zero-order chi connectivity index (χ0) is 28.3. The Kier molecular flexibility index (Phi) is 9.68. The quantitative estimate of drug-likeness (QED) is 0.165. The van der Waals surface area contributed by atoms with Gasteiger partial charge in [0.25, 0.3) is 11.8 Å². The maximum atomic E-state index is 13.4. The van der Waals surface area contributed by atoms with Crippen LogP contribution in [0.25, 0.3) is 6.08 Å². The highest BCUT2D eigenvalue weighted by molar-refractivity contribution is 8.00. The smallest absolute Gasteiger partial charge is 0.272 e. The number of methoxy groups -OCH3 is 1. The summed E-state index contributed by atoms with van der Waals surface area (Å²) < 4.78 is 18.5. The molecule has 4 rings (SSSR count). The second-order valence-electron chi connectivity index (χ2n) is 8.48. The highest BCUT2D eigenvalue weighted by Crippen LogP contribution is 2.23. The molecule has 4 aromatic carbocycles. The van der Waals surface area contributed by atoms with Crippen molar-refractivity contribution in [1.82, 2.24) is 5.32 Å². The van der Waals surface area contributed by atoms with Gasteiger partial charge in [-0.05, 0) is 78.4 Å². The molecule has 40 heavy (non-hydrogen) atoms. The number of halogens is 1. The molecule has 4 aromatic rings.